The molecule has 0 saturated heterocycles. The third-order valence-corrected chi connectivity index (χ3v) is 2.95. The highest BCUT2D eigenvalue weighted by molar-refractivity contribution is 6.02. The van der Waals surface area contributed by atoms with Gasteiger partial charge in [0.2, 0.25) is 5.91 Å². The lowest BCUT2D eigenvalue weighted by molar-refractivity contribution is -0.385. The Morgan fingerprint density at radius 2 is 1.71 bits per heavy atom. The lowest BCUT2D eigenvalue weighted by Gasteiger charge is -2.05. The van der Waals surface area contributed by atoms with Crippen LogP contribution >= 0.6 is 0 Å². The Balaban J connectivity index is 2.08. The van der Waals surface area contributed by atoms with Crippen LogP contribution in [0.3, 0.4) is 0 Å². The number of nitrogens with zero attached hydrogens (tertiary/aromatic N) is 1. The number of hydrogen-bond acceptors (Lipinski definition) is 4. The number of hydrogen-bond donors (Lipinski definition) is 3. The minimum absolute atomic E-state index is 0.0887. The molecule has 0 radical (unpaired) electrons. The van der Waals surface area contributed by atoms with E-state index < -0.39 is 16.9 Å². The fourth-order valence-electron chi connectivity index (χ4n) is 1.96. The van der Waals surface area contributed by atoms with Gasteiger partial charge < -0.3 is 16.4 Å². The molecule has 0 aliphatic carbocycles. The van der Waals surface area contributed by atoms with Crippen molar-refractivity contribution in [1.82, 2.24) is 0 Å². The molecule has 122 valence electrons. The lowest BCUT2D eigenvalue weighted by atomic mass is 10.1. The summed E-state index contributed by atoms with van der Waals surface area (Å²) in [5.41, 5.74) is 6.13. The van der Waals surface area contributed by atoms with Crippen molar-refractivity contribution in [2.24, 2.45) is 5.73 Å². The summed E-state index contributed by atoms with van der Waals surface area (Å²) in [4.78, 5) is 33.1. The molecule has 0 aliphatic heterocycles. The Bertz CT molecular complexity index is 817. The van der Waals surface area contributed by atoms with Gasteiger partial charge in [0.15, 0.2) is 0 Å². The van der Waals surface area contributed by atoms with Gasteiger partial charge >= 0.3 is 6.03 Å². The van der Waals surface area contributed by atoms with Crippen molar-refractivity contribution in [3.05, 3.63) is 70.3 Å². The largest absolute Gasteiger partial charge is 0.351 e. The van der Waals surface area contributed by atoms with E-state index in [2.05, 4.69) is 10.6 Å². The van der Waals surface area contributed by atoms with E-state index in [-0.39, 0.29) is 5.69 Å². The Morgan fingerprint density at radius 3 is 2.38 bits per heavy atom. The molecule has 0 aliphatic rings. The van der Waals surface area contributed by atoms with Crippen LogP contribution in [0, 0.1) is 10.1 Å². The van der Waals surface area contributed by atoms with Crippen molar-refractivity contribution in [2.75, 3.05) is 10.6 Å². The van der Waals surface area contributed by atoms with Crippen LogP contribution in [0.15, 0.2) is 54.6 Å². The molecule has 24 heavy (non-hydrogen) atoms. The molecule has 0 spiro atoms. The smallest absolute Gasteiger partial charge is 0.316 e. The maximum atomic E-state index is 11.9. The first-order chi connectivity index (χ1) is 11.5. The zero-order chi connectivity index (χ0) is 17.5. The summed E-state index contributed by atoms with van der Waals surface area (Å²) in [5, 5.41) is 15.9. The highest BCUT2D eigenvalue weighted by atomic mass is 16.6. The quantitative estimate of drug-likeness (QED) is 0.443. The van der Waals surface area contributed by atoms with Crippen LogP contribution in [0.4, 0.5) is 21.9 Å². The Hall–Kier alpha value is -3.68. The van der Waals surface area contributed by atoms with Gasteiger partial charge in [0.1, 0.15) is 0 Å². The van der Waals surface area contributed by atoms with E-state index in [9.17, 15) is 19.7 Å². The van der Waals surface area contributed by atoms with Crippen LogP contribution in [0.1, 0.15) is 5.56 Å². The molecule has 0 heterocycles. The number of carbonyl (C=O) groups is 2. The van der Waals surface area contributed by atoms with Crippen LogP contribution < -0.4 is 16.4 Å². The first-order valence-electron chi connectivity index (χ1n) is 6.85. The first kappa shape index (κ1) is 16.7. The number of nitro benzene ring substituents is 1. The lowest BCUT2D eigenvalue weighted by Crippen LogP contribution is -2.19. The van der Waals surface area contributed by atoms with E-state index in [0.29, 0.717) is 16.9 Å². The van der Waals surface area contributed by atoms with Gasteiger partial charge in [0.05, 0.1) is 10.5 Å². The molecular formula is C16H14N4O4. The SMILES string of the molecule is NC(=O)Nc1cccc(NC(=O)/C=C/c2ccccc2[N+](=O)[O-])c1. The molecule has 8 nitrogen and oxygen atoms in total. The van der Waals surface area contributed by atoms with Crippen LogP contribution in [-0.2, 0) is 4.79 Å². The van der Waals surface area contributed by atoms with Crippen molar-refractivity contribution >= 4 is 35.1 Å². The van der Waals surface area contributed by atoms with Gasteiger partial charge in [-0.2, -0.15) is 0 Å². The molecule has 2 aromatic rings. The normalized spacial score (nSPS) is 10.3. The summed E-state index contributed by atoms with van der Waals surface area (Å²) in [6.45, 7) is 0. The molecule has 0 saturated carbocycles. The number of para-hydroxylation sites is 1. The maximum Gasteiger partial charge on any atom is 0.316 e. The number of anilines is 2. The van der Waals surface area contributed by atoms with Gasteiger partial charge in [0, 0.05) is 23.5 Å². The van der Waals surface area contributed by atoms with E-state index in [1.165, 1.54) is 24.3 Å². The standard InChI is InChI=1S/C16H14N4O4/c17-16(22)19-13-6-3-5-12(10-13)18-15(21)9-8-11-4-1-2-7-14(11)20(23)24/h1-10H,(H,18,21)(H3,17,19,22)/b9-8+. The number of rotatable bonds is 5. The fourth-order valence-corrected chi connectivity index (χ4v) is 1.96. The number of carbonyl (C=O) groups excluding carboxylic acids is 2. The number of nitro groups is 1. The topological polar surface area (TPSA) is 127 Å². The van der Waals surface area contributed by atoms with Gasteiger partial charge in [-0.25, -0.2) is 4.79 Å². The minimum atomic E-state index is -0.713. The van der Waals surface area contributed by atoms with Gasteiger partial charge in [0.25, 0.3) is 5.69 Å². The molecule has 0 unspecified atom stereocenters. The van der Waals surface area contributed by atoms with Crippen molar-refractivity contribution < 1.29 is 14.5 Å². The highest BCUT2D eigenvalue weighted by Gasteiger charge is 2.09. The van der Waals surface area contributed by atoms with E-state index in [0.717, 1.165) is 0 Å². The van der Waals surface area contributed by atoms with Crippen LogP contribution in [0.25, 0.3) is 6.08 Å². The van der Waals surface area contributed by atoms with Crippen LogP contribution in [0.5, 0.6) is 0 Å². The summed E-state index contributed by atoms with van der Waals surface area (Å²) in [5.74, 6) is -0.468. The molecule has 0 atom stereocenters. The second kappa shape index (κ2) is 7.54. The number of benzene rings is 2. The molecule has 3 amide bonds. The molecule has 0 aromatic heterocycles. The summed E-state index contributed by atoms with van der Waals surface area (Å²) >= 11 is 0. The molecule has 2 rings (SSSR count). The molecule has 2 aromatic carbocycles. The summed E-state index contributed by atoms with van der Waals surface area (Å²) in [7, 11) is 0. The summed E-state index contributed by atoms with van der Waals surface area (Å²) in [6, 6.07) is 11.8. The molecule has 4 N–H and O–H groups in total. The third-order valence-electron chi connectivity index (χ3n) is 2.95. The Labute approximate surface area is 137 Å². The van der Waals surface area contributed by atoms with Gasteiger partial charge in [-0.05, 0) is 30.3 Å². The number of nitrogens with two attached hydrogens (primary N) is 1. The number of nitrogens with one attached hydrogen (secondary N) is 2. The zero-order valence-electron chi connectivity index (χ0n) is 12.4. The predicted octanol–water partition coefficient (Wildman–Crippen LogP) is 2.74. The molecular weight excluding hydrogens is 312 g/mol. The van der Waals surface area contributed by atoms with Gasteiger partial charge in [-0.1, -0.05) is 18.2 Å². The van der Waals surface area contributed by atoms with Crippen molar-refractivity contribution in [3.8, 4) is 0 Å². The monoisotopic (exact) mass is 326 g/mol. The van der Waals surface area contributed by atoms with E-state index >= 15 is 0 Å². The fraction of sp³-hybridized carbons (Fsp3) is 0. The second-order valence-corrected chi connectivity index (χ2v) is 4.71. The van der Waals surface area contributed by atoms with Gasteiger partial charge in [-0.15, -0.1) is 0 Å². The van der Waals surface area contributed by atoms with E-state index in [4.69, 9.17) is 5.73 Å². The number of amides is 3. The molecule has 8 heteroatoms. The maximum absolute atomic E-state index is 11.9. The Kier molecular flexibility index (Phi) is 5.24. The number of primary amides is 1. The van der Waals surface area contributed by atoms with Crippen molar-refractivity contribution in [3.63, 3.8) is 0 Å². The first-order valence-corrected chi connectivity index (χ1v) is 6.85. The van der Waals surface area contributed by atoms with Gasteiger partial charge in [-0.3, -0.25) is 14.9 Å². The molecule has 0 fully saturated rings. The number of urea groups is 1. The van der Waals surface area contributed by atoms with E-state index in [1.807, 2.05) is 0 Å². The van der Waals surface area contributed by atoms with Crippen LogP contribution in [0.2, 0.25) is 0 Å². The average molecular weight is 326 g/mol. The highest BCUT2D eigenvalue weighted by Crippen LogP contribution is 2.19. The van der Waals surface area contributed by atoms with Crippen molar-refractivity contribution in [2.45, 2.75) is 0 Å². The minimum Gasteiger partial charge on any atom is -0.351 e. The third kappa shape index (κ3) is 4.67. The average Bonchev–Trinajstić information content (AvgIpc) is 2.53. The van der Waals surface area contributed by atoms with Crippen molar-refractivity contribution in [1.29, 1.82) is 0 Å². The van der Waals surface area contributed by atoms with Crippen LogP contribution in [-0.4, -0.2) is 16.9 Å². The zero-order valence-corrected chi connectivity index (χ0v) is 12.4. The molecule has 0 bridgehead atoms. The second-order valence-electron chi connectivity index (χ2n) is 4.71. The predicted molar refractivity (Wildman–Crippen MR) is 90.4 cm³/mol. The summed E-state index contributed by atoms with van der Waals surface area (Å²) < 4.78 is 0. The summed E-state index contributed by atoms with van der Waals surface area (Å²) in [6.07, 6.45) is 2.55. The van der Waals surface area contributed by atoms with E-state index in [1.54, 1.807) is 36.4 Å². The Morgan fingerprint density at radius 1 is 1.04 bits per heavy atom.